The first-order valence-corrected chi connectivity index (χ1v) is 26.0. The Morgan fingerprint density at radius 1 is 0.683 bits per heavy atom. The average Bonchev–Trinajstić information content (AvgIpc) is 3.16. The molecular formula is C46H68Br2Cl2N2O10Si. The number of carbonyl (C=O) groups excluding carboxylic acids is 2. The second-order valence-electron chi connectivity index (χ2n) is 17.9. The second-order valence-corrected chi connectivity index (χ2v) is 25.3. The number of aliphatic hydroxyl groups excluding tert-OH is 3. The van der Waals surface area contributed by atoms with Gasteiger partial charge in [-0.15, -0.1) is 0 Å². The zero-order valence-corrected chi connectivity index (χ0v) is 45.2. The maximum absolute atomic E-state index is 12.8. The fourth-order valence-corrected chi connectivity index (χ4v) is 7.40. The number of carbonyl (C=O) groups is 2. The van der Waals surface area contributed by atoms with Crippen molar-refractivity contribution in [2.24, 2.45) is 20.8 Å². The molecule has 0 amide bonds. The normalized spacial score (nSPS) is 14.3. The predicted octanol–water partition coefficient (Wildman–Crippen LogP) is 12.7. The van der Waals surface area contributed by atoms with Gasteiger partial charge in [-0.05, 0) is 80.9 Å². The van der Waals surface area contributed by atoms with Gasteiger partial charge in [0.2, 0.25) is 0 Å². The van der Waals surface area contributed by atoms with E-state index in [0.29, 0.717) is 40.3 Å². The Morgan fingerprint density at radius 2 is 1.05 bits per heavy atom. The van der Waals surface area contributed by atoms with E-state index in [1.807, 2.05) is 34.6 Å². The molecule has 0 aliphatic rings. The molecule has 0 spiro atoms. The molecule has 0 aliphatic heterocycles. The third-order valence-corrected chi connectivity index (χ3v) is 16.2. The summed E-state index contributed by atoms with van der Waals surface area (Å²) in [7, 11) is -2.00. The van der Waals surface area contributed by atoms with E-state index in [-0.39, 0.29) is 85.6 Å². The van der Waals surface area contributed by atoms with Gasteiger partial charge in [0.15, 0.2) is 8.32 Å². The van der Waals surface area contributed by atoms with Crippen LogP contribution in [0.15, 0.2) is 54.3 Å². The molecule has 3 N–H and O–H groups in total. The summed E-state index contributed by atoms with van der Waals surface area (Å²) in [6, 6.07) is 5.83. The summed E-state index contributed by atoms with van der Waals surface area (Å²) < 4.78 is 29.0. The van der Waals surface area contributed by atoms with Gasteiger partial charge in [0.05, 0.1) is 61.8 Å². The summed E-state index contributed by atoms with van der Waals surface area (Å²) in [6.45, 7) is 31.2. The number of nitrogens with zero attached hydrogens (tertiary/aromatic N) is 2. The highest BCUT2D eigenvalue weighted by Gasteiger charge is 2.39. The monoisotopic (exact) mass is 1060 g/mol. The summed E-state index contributed by atoms with van der Waals surface area (Å²) in [4.78, 5) is 34.3. The molecule has 2 atom stereocenters. The Kier molecular flexibility index (Phi) is 23.7. The van der Waals surface area contributed by atoms with Crippen molar-refractivity contribution in [1.29, 1.82) is 0 Å². The van der Waals surface area contributed by atoms with Crippen LogP contribution in [-0.4, -0.2) is 99.7 Å². The first-order chi connectivity index (χ1) is 29.0. The molecule has 0 heterocycles. The SMILES string of the molecule is CCOC(=O)C(C=NC(CO)C(C)(C)C)=C(O)c1cc(Br)cc(OCC)c1Cl.CCOC(=O)C(C=NC(CO[Si](C)(C)C(C)(C)C)C(C)(C)C)=C(O)c1cc(Br)cc(OCC)c1Cl. The molecule has 17 heteroatoms. The number of benzene rings is 2. The minimum Gasteiger partial charge on any atom is -0.506 e. The van der Waals surface area contributed by atoms with Gasteiger partial charge in [-0.1, -0.05) is 117 Å². The quantitative estimate of drug-likeness (QED) is 0.0430. The van der Waals surface area contributed by atoms with Crippen LogP contribution >= 0.6 is 55.1 Å². The summed E-state index contributed by atoms with van der Waals surface area (Å²) in [6.07, 6.45) is 2.59. The molecule has 0 aromatic heterocycles. The third kappa shape index (κ3) is 17.8. The first kappa shape index (κ1) is 58.1. The minimum atomic E-state index is -2.00. The zero-order valence-electron chi connectivity index (χ0n) is 39.5. The van der Waals surface area contributed by atoms with E-state index in [1.54, 1.807) is 38.1 Å². The number of hydrogen-bond acceptors (Lipinski definition) is 12. The van der Waals surface area contributed by atoms with Gasteiger partial charge in [-0.3, -0.25) is 9.98 Å². The second kappa shape index (κ2) is 25.7. The summed E-state index contributed by atoms with van der Waals surface area (Å²) in [5, 5.41) is 32.0. The van der Waals surface area contributed by atoms with Crippen molar-refractivity contribution in [1.82, 2.24) is 0 Å². The van der Waals surface area contributed by atoms with Gasteiger partial charge in [0.25, 0.3) is 0 Å². The Hall–Kier alpha value is -2.92. The molecule has 2 aromatic rings. The summed E-state index contributed by atoms with van der Waals surface area (Å²) >= 11 is 19.6. The summed E-state index contributed by atoms with van der Waals surface area (Å²) in [5.74, 6) is -1.41. The molecule has 0 bridgehead atoms. The number of aliphatic imine (C=N–C) groups is 2. The van der Waals surface area contributed by atoms with E-state index < -0.39 is 26.3 Å². The van der Waals surface area contributed by atoms with Crippen LogP contribution in [0, 0.1) is 10.8 Å². The number of halogens is 4. The van der Waals surface area contributed by atoms with Gasteiger partial charge in [0.1, 0.15) is 34.2 Å². The van der Waals surface area contributed by atoms with Crippen LogP contribution in [-0.2, 0) is 23.5 Å². The van der Waals surface area contributed by atoms with Crippen LogP contribution in [0.3, 0.4) is 0 Å². The fraction of sp³-hybridized carbons (Fsp3) is 0.565. The Labute approximate surface area is 402 Å². The van der Waals surface area contributed by atoms with Crippen molar-refractivity contribution in [3.63, 3.8) is 0 Å². The van der Waals surface area contributed by atoms with Crippen molar-refractivity contribution in [3.8, 4) is 11.5 Å². The molecule has 354 valence electrons. The van der Waals surface area contributed by atoms with E-state index in [1.165, 1.54) is 12.4 Å². The highest BCUT2D eigenvalue weighted by atomic mass is 79.9. The number of rotatable bonds is 18. The molecule has 12 nitrogen and oxygen atoms in total. The van der Waals surface area contributed by atoms with Crippen molar-refractivity contribution in [3.05, 3.63) is 65.5 Å². The highest BCUT2D eigenvalue weighted by molar-refractivity contribution is 9.10. The Bertz CT molecular complexity index is 1980. The maximum Gasteiger partial charge on any atom is 0.343 e. The number of esters is 2. The van der Waals surface area contributed by atoms with Gasteiger partial charge in [-0.25, -0.2) is 9.59 Å². The average molecular weight is 1070 g/mol. The van der Waals surface area contributed by atoms with Gasteiger partial charge >= 0.3 is 11.9 Å². The fourth-order valence-electron chi connectivity index (χ4n) is 5.02. The lowest BCUT2D eigenvalue weighted by atomic mass is 9.88. The van der Waals surface area contributed by atoms with Gasteiger partial charge in [-0.2, -0.15) is 0 Å². The maximum atomic E-state index is 12.8. The molecule has 0 aliphatic carbocycles. The van der Waals surface area contributed by atoms with Crippen LogP contribution < -0.4 is 9.47 Å². The van der Waals surface area contributed by atoms with Crippen LogP contribution in [0.4, 0.5) is 0 Å². The molecule has 2 unspecified atom stereocenters. The molecule has 2 aromatic carbocycles. The largest absolute Gasteiger partial charge is 0.506 e. The lowest BCUT2D eigenvalue weighted by molar-refractivity contribution is -0.138. The van der Waals surface area contributed by atoms with E-state index in [9.17, 15) is 24.9 Å². The molecular weight excluding hydrogens is 999 g/mol. The smallest absolute Gasteiger partial charge is 0.343 e. The van der Waals surface area contributed by atoms with Crippen molar-refractivity contribution < 1.29 is 48.3 Å². The molecule has 0 radical (unpaired) electrons. The number of ether oxygens (including phenoxy) is 4. The summed E-state index contributed by atoms with van der Waals surface area (Å²) in [5.41, 5.74) is -0.392. The lowest BCUT2D eigenvalue weighted by Crippen LogP contribution is -2.44. The first-order valence-electron chi connectivity index (χ1n) is 20.8. The van der Waals surface area contributed by atoms with Crippen LogP contribution in [0.25, 0.3) is 11.5 Å². The molecule has 0 fully saturated rings. The van der Waals surface area contributed by atoms with Gasteiger partial charge in [0, 0.05) is 32.5 Å². The number of aliphatic hydroxyl groups is 3. The lowest BCUT2D eigenvalue weighted by Gasteiger charge is -2.38. The van der Waals surface area contributed by atoms with Crippen LogP contribution in [0.1, 0.15) is 101 Å². The van der Waals surface area contributed by atoms with E-state index in [0.717, 1.165) is 0 Å². The van der Waals surface area contributed by atoms with Crippen molar-refractivity contribution >= 4 is 99.3 Å². The van der Waals surface area contributed by atoms with Crippen LogP contribution in [0.2, 0.25) is 28.2 Å². The Morgan fingerprint density at radius 3 is 1.35 bits per heavy atom. The van der Waals surface area contributed by atoms with Gasteiger partial charge < -0.3 is 38.7 Å². The third-order valence-electron chi connectivity index (χ3n) is 9.97. The van der Waals surface area contributed by atoms with Crippen LogP contribution in [0.5, 0.6) is 11.5 Å². The van der Waals surface area contributed by atoms with E-state index in [4.69, 9.17) is 51.6 Å². The molecule has 0 saturated heterocycles. The van der Waals surface area contributed by atoms with Crippen molar-refractivity contribution in [2.45, 2.75) is 120 Å². The minimum absolute atomic E-state index is 0.0587. The molecule has 63 heavy (non-hydrogen) atoms. The molecule has 2 rings (SSSR count). The zero-order chi connectivity index (χ0) is 48.7. The standard InChI is InChI=1S/C26H41BrClNO5Si.C20H27BrClNO5/c1-11-32-20-14-17(27)13-18(22(20)28)23(30)19(24(31)33-12-2)15-29-21(25(3,4)5)16-34-35(9,10)26(6,7)8;1-6-27-15-9-12(21)8-13(17(15)22)18(25)14(19(26)28-7-2)10-23-16(11-24)20(3,4)5/h13-15,21,30H,11-12,16H2,1-10H3;8-10,16,24-25H,6-7,11H2,1-5H3. The predicted molar refractivity (Wildman–Crippen MR) is 267 cm³/mol. The molecule has 0 saturated carbocycles. The van der Waals surface area contributed by atoms with Crippen molar-refractivity contribution in [2.75, 3.05) is 39.6 Å². The highest BCUT2D eigenvalue weighted by Crippen LogP contribution is 2.39. The topological polar surface area (TPSA) is 166 Å². The number of hydrogen-bond donors (Lipinski definition) is 3. The van der Waals surface area contributed by atoms with E-state index >= 15 is 0 Å². The Balaban J connectivity index is 0.000000646. The van der Waals surface area contributed by atoms with E-state index in [2.05, 4.69) is 91.5 Å².